The van der Waals surface area contributed by atoms with E-state index >= 15 is 0 Å². The minimum atomic E-state index is -3.68. The number of fused-ring (bicyclic) bond motifs is 6. The second-order valence-electron chi connectivity index (χ2n) is 18.7. The Morgan fingerprint density at radius 2 is 1.75 bits per heavy atom. The molecule has 4 aromatic rings. The highest BCUT2D eigenvalue weighted by atomic mass is 32.2. The SMILES string of the molecule is C#CCOCCC(=O)Nc1cc(COC(=O)N(CCS(C)(=O)=O)COCC(CO)(CO)NCc2c3c(nc4cc5c(cc24)OCO5)-c2cc4c(c(=O)n2C3)COC(=O)[C@@]4(C)O)ccc1O[C@@H]1O[C@H](C(=O)O)[C@@H](O)[C@H](O)[C@H]1O. The number of carboxylic acids is 1. The number of aliphatic hydroxyl groups is 6. The topological polar surface area (TPSA) is 380 Å². The van der Waals surface area contributed by atoms with Gasteiger partial charge in [0.05, 0.1) is 78.8 Å². The number of ether oxygens (including phenoxy) is 8. The summed E-state index contributed by atoms with van der Waals surface area (Å²) in [5, 5.41) is 79.6. The molecule has 6 heterocycles. The summed E-state index contributed by atoms with van der Waals surface area (Å²) in [6.45, 7) is -3.05. The van der Waals surface area contributed by atoms with E-state index in [0.29, 0.717) is 44.9 Å². The van der Waals surface area contributed by atoms with Crippen molar-refractivity contribution in [2.45, 2.75) is 81.5 Å². The van der Waals surface area contributed by atoms with Crippen molar-refractivity contribution in [2.75, 3.05) is 70.4 Å². The van der Waals surface area contributed by atoms with E-state index in [9.17, 15) is 68.1 Å². The molecule has 0 aliphatic carbocycles. The highest BCUT2D eigenvalue weighted by Gasteiger charge is 2.48. The molecule has 0 radical (unpaired) electrons. The molecule has 27 nitrogen and oxygen atoms in total. The van der Waals surface area contributed by atoms with Crippen molar-refractivity contribution in [3.63, 3.8) is 0 Å². The third-order valence-electron chi connectivity index (χ3n) is 13.2. The number of hydrogen-bond donors (Lipinski definition) is 9. The van der Waals surface area contributed by atoms with Crippen LogP contribution < -0.4 is 30.4 Å². The highest BCUT2D eigenvalue weighted by molar-refractivity contribution is 7.90. The molecule has 0 bridgehead atoms. The van der Waals surface area contributed by atoms with Gasteiger partial charge >= 0.3 is 18.0 Å². The van der Waals surface area contributed by atoms with E-state index in [0.717, 1.165) is 11.2 Å². The van der Waals surface area contributed by atoms with Crippen molar-refractivity contribution in [1.29, 1.82) is 0 Å². The molecule has 0 spiro atoms. The van der Waals surface area contributed by atoms with E-state index in [4.69, 9.17) is 49.3 Å². The van der Waals surface area contributed by atoms with Crippen molar-refractivity contribution >= 4 is 50.4 Å². The number of pyridine rings is 2. The maximum atomic E-state index is 14.0. The number of carbonyl (C=O) groups excluding carboxylic acids is 3. The third kappa shape index (κ3) is 11.9. The summed E-state index contributed by atoms with van der Waals surface area (Å²) in [4.78, 5) is 70.8. The van der Waals surface area contributed by atoms with Crippen LogP contribution in [-0.4, -0.2) is 184 Å². The largest absolute Gasteiger partial charge is 0.479 e. The zero-order chi connectivity index (χ0) is 55.6. The van der Waals surface area contributed by atoms with Gasteiger partial charge in [0.25, 0.3) is 5.56 Å². The molecule has 4 aliphatic heterocycles. The van der Waals surface area contributed by atoms with Crippen molar-refractivity contribution < 1.29 is 101 Å². The number of sulfone groups is 1. The Morgan fingerprint density at radius 3 is 2.45 bits per heavy atom. The van der Waals surface area contributed by atoms with Crippen LogP contribution in [0.1, 0.15) is 41.2 Å². The summed E-state index contributed by atoms with van der Waals surface area (Å²) in [7, 11) is -3.68. The standard InChI is InChI=1S/C49H55N5O22S/c1-4-9-69-10-7-37(57)51-32-12-25(5-6-34(32)75-45-41(60)39(58)40(59)42(76-45)44(62)63)18-72-47(65)53(8-11-77(3,67)68)23-70-22-49(20-55,21-56)50-16-27-26-13-35-36(74-24-73-35)15-31(26)52-38-28(27)17-54-33(38)14-30-29(43(54)61)19-71-46(64)48(30,2)66/h1,5-6,12-15,39-42,45,50,55-56,58-60,66H,7-11,16-24H2,2-3H3,(H,51,57)(H,62,63)/t39-,40-,41+,42-,45+,48-/m0/s1. The molecule has 1 fully saturated rings. The molecule has 2 aromatic heterocycles. The predicted molar refractivity (Wildman–Crippen MR) is 261 cm³/mol. The van der Waals surface area contributed by atoms with Gasteiger partial charge in [-0.25, -0.2) is 27.8 Å². The monoisotopic (exact) mass is 1100 g/mol. The first-order chi connectivity index (χ1) is 36.6. The minimum Gasteiger partial charge on any atom is -0.479 e. The van der Waals surface area contributed by atoms with Gasteiger partial charge in [0.1, 0.15) is 60.5 Å². The van der Waals surface area contributed by atoms with Crippen molar-refractivity contribution in [3.8, 4) is 41.0 Å². The summed E-state index contributed by atoms with van der Waals surface area (Å²) in [5.74, 6) is -0.935. The van der Waals surface area contributed by atoms with E-state index in [1.54, 1.807) is 12.1 Å². The molecule has 0 saturated carbocycles. The van der Waals surface area contributed by atoms with E-state index < -0.39 is 127 Å². The summed E-state index contributed by atoms with van der Waals surface area (Å²) >= 11 is 0. The van der Waals surface area contributed by atoms with Gasteiger partial charge in [0.2, 0.25) is 19.0 Å². The number of esters is 1. The number of nitrogens with one attached hydrogen (secondary N) is 2. The normalized spacial score (nSPS) is 21.3. The van der Waals surface area contributed by atoms with Crippen LogP contribution in [0.3, 0.4) is 0 Å². The van der Waals surface area contributed by atoms with Gasteiger partial charge in [-0.1, -0.05) is 12.0 Å². The number of aliphatic hydroxyl groups excluding tert-OH is 5. The molecule has 1 saturated heterocycles. The quantitative estimate of drug-likeness (QED) is 0.0159. The number of amides is 2. The second-order valence-corrected chi connectivity index (χ2v) is 21.0. The highest BCUT2D eigenvalue weighted by Crippen LogP contribution is 2.43. The Kier molecular flexibility index (Phi) is 16.7. The zero-order valence-electron chi connectivity index (χ0n) is 41.3. The van der Waals surface area contributed by atoms with Crippen LogP contribution in [0.4, 0.5) is 10.5 Å². The molecule has 8 rings (SSSR count). The summed E-state index contributed by atoms with van der Waals surface area (Å²) < 4.78 is 70.0. The van der Waals surface area contributed by atoms with E-state index in [2.05, 4.69) is 16.6 Å². The van der Waals surface area contributed by atoms with Gasteiger partial charge in [-0.3, -0.25) is 14.5 Å². The Balaban J connectivity index is 0.994. The smallest absolute Gasteiger partial charge is 0.411 e. The fraction of sp³-hybridized carbons (Fsp3) is 0.469. The molecule has 414 valence electrons. The number of terminal acetylenes is 1. The Morgan fingerprint density at radius 1 is 1.01 bits per heavy atom. The van der Waals surface area contributed by atoms with Crippen LogP contribution in [0.5, 0.6) is 17.2 Å². The van der Waals surface area contributed by atoms with E-state index in [-0.39, 0.29) is 74.3 Å². The van der Waals surface area contributed by atoms with Gasteiger partial charge in [0, 0.05) is 41.9 Å². The zero-order valence-corrected chi connectivity index (χ0v) is 42.1. The number of carboxylic acid groups (broad SMARTS) is 1. The van der Waals surface area contributed by atoms with Gasteiger partial charge < -0.3 is 88.8 Å². The number of aliphatic carboxylic acids is 1. The lowest BCUT2D eigenvalue weighted by Crippen LogP contribution is -2.61. The minimum absolute atomic E-state index is 0.0111. The molecule has 28 heteroatoms. The van der Waals surface area contributed by atoms with Crippen LogP contribution in [0.15, 0.2) is 41.2 Å². The first kappa shape index (κ1) is 56.2. The average molecular weight is 1100 g/mol. The van der Waals surface area contributed by atoms with E-state index in [1.165, 1.54) is 35.8 Å². The Labute approximate surface area is 437 Å². The maximum Gasteiger partial charge on any atom is 0.411 e. The molecule has 6 atom stereocenters. The molecule has 0 unspecified atom stereocenters. The van der Waals surface area contributed by atoms with Crippen LogP contribution >= 0.6 is 0 Å². The molecular formula is C49H55N5O22S. The number of aromatic nitrogens is 2. The Hall–Kier alpha value is -7.01. The lowest BCUT2D eigenvalue weighted by Gasteiger charge is -2.38. The van der Waals surface area contributed by atoms with Gasteiger partial charge in [-0.2, -0.15) is 0 Å². The molecule has 77 heavy (non-hydrogen) atoms. The first-order valence-corrected chi connectivity index (χ1v) is 25.7. The van der Waals surface area contributed by atoms with Crippen molar-refractivity contribution in [3.05, 3.63) is 74.6 Å². The van der Waals surface area contributed by atoms with Crippen molar-refractivity contribution in [1.82, 2.24) is 19.8 Å². The Bertz CT molecular complexity index is 3170. The predicted octanol–water partition coefficient (Wildman–Crippen LogP) is -1.86. The van der Waals surface area contributed by atoms with Crippen LogP contribution in [0, 0.1) is 12.3 Å². The lowest BCUT2D eigenvalue weighted by atomic mass is 9.89. The number of hydrogen-bond acceptors (Lipinski definition) is 23. The first-order valence-electron chi connectivity index (χ1n) is 23.7. The molecule has 2 aromatic carbocycles. The summed E-state index contributed by atoms with van der Waals surface area (Å²) in [6, 6.07) is 8.76. The number of carbonyl (C=O) groups is 4. The number of anilines is 1. The fourth-order valence-electron chi connectivity index (χ4n) is 8.81. The number of cyclic esters (lactones) is 1. The second kappa shape index (κ2) is 22.9. The third-order valence-corrected chi connectivity index (χ3v) is 14.1. The van der Waals surface area contributed by atoms with Gasteiger partial charge in [-0.05, 0) is 42.3 Å². The van der Waals surface area contributed by atoms with Crippen LogP contribution in [-0.2, 0) is 79.8 Å². The maximum absolute atomic E-state index is 14.0. The number of rotatable bonds is 22. The lowest BCUT2D eigenvalue weighted by molar-refractivity contribution is -0.271. The molecule has 4 aliphatic rings. The number of nitrogens with zero attached hydrogens (tertiary/aromatic N) is 3. The van der Waals surface area contributed by atoms with Crippen molar-refractivity contribution in [2.24, 2.45) is 0 Å². The summed E-state index contributed by atoms with van der Waals surface area (Å²) in [5.41, 5.74) is -1.89. The summed E-state index contributed by atoms with van der Waals surface area (Å²) in [6.07, 6.45) is -5.02. The molecule has 9 N–H and O–H groups in total. The molecular weight excluding hydrogens is 1040 g/mol. The molecule has 2 amide bonds. The van der Waals surface area contributed by atoms with Crippen LogP contribution in [0.2, 0.25) is 0 Å². The van der Waals surface area contributed by atoms with E-state index in [1.807, 2.05) is 0 Å². The van der Waals surface area contributed by atoms with Crippen LogP contribution in [0.25, 0.3) is 22.3 Å². The fourth-order valence-corrected chi connectivity index (χ4v) is 9.36. The van der Waals surface area contributed by atoms with Gasteiger partial charge in [0.15, 0.2) is 23.2 Å². The number of benzene rings is 2. The average Bonchev–Trinajstić information content (AvgIpc) is 4.01. The van der Waals surface area contributed by atoms with Gasteiger partial charge in [-0.15, -0.1) is 6.42 Å².